The van der Waals surface area contributed by atoms with Gasteiger partial charge in [-0.15, -0.1) is 0 Å². The first-order chi connectivity index (χ1) is 14.4. The van der Waals surface area contributed by atoms with E-state index in [2.05, 4.69) is 10.6 Å². The highest BCUT2D eigenvalue weighted by molar-refractivity contribution is 6.30. The van der Waals surface area contributed by atoms with E-state index >= 15 is 0 Å². The van der Waals surface area contributed by atoms with Crippen LogP contribution in [0.2, 0.25) is 5.02 Å². The van der Waals surface area contributed by atoms with E-state index in [1.807, 2.05) is 12.1 Å². The lowest BCUT2D eigenvalue weighted by Crippen LogP contribution is -2.56. The van der Waals surface area contributed by atoms with Crippen molar-refractivity contribution in [3.63, 3.8) is 0 Å². The van der Waals surface area contributed by atoms with Crippen molar-refractivity contribution in [3.8, 4) is 5.75 Å². The predicted octanol–water partition coefficient (Wildman–Crippen LogP) is 2.34. The highest BCUT2D eigenvalue weighted by Gasteiger charge is 2.36. The summed E-state index contributed by atoms with van der Waals surface area (Å²) < 4.78 is 5.19. The van der Waals surface area contributed by atoms with Crippen LogP contribution < -0.4 is 21.1 Å². The van der Waals surface area contributed by atoms with Gasteiger partial charge in [0.1, 0.15) is 5.75 Å². The third kappa shape index (κ3) is 5.42. The van der Waals surface area contributed by atoms with Crippen molar-refractivity contribution in [2.24, 2.45) is 5.73 Å². The maximum Gasteiger partial charge on any atom is 0.319 e. The van der Waals surface area contributed by atoms with E-state index < -0.39 is 18.0 Å². The number of nitrogens with zero attached hydrogens (tertiary/aromatic N) is 1. The van der Waals surface area contributed by atoms with Gasteiger partial charge < -0.3 is 26.0 Å². The molecule has 4 N–H and O–H groups in total. The second kappa shape index (κ2) is 9.49. The van der Waals surface area contributed by atoms with Gasteiger partial charge in [0.15, 0.2) is 0 Å². The number of nitrogens with two attached hydrogens (primary N) is 1. The first kappa shape index (κ1) is 21.4. The molecule has 0 aliphatic carbocycles. The predicted molar refractivity (Wildman–Crippen MR) is 114 cm³/mol. The first-order valence-electron chi connectivity index (χ1n) is 9.39. The summed E-state index contributed by atoms with van der Waals surface area (Å²) in [5.74, 6) is -0.355. The number of nitrogens with one attached hydrogen (secondary N) is 2. The van der Waals surface area contributed by atoms with Crippen LogP contribution in [0.1, 0.15) is 17.9 Å². The second-order valence-electron chi connectivity index (χ2n) is 7.04. The summed E-state index contributed by atoms with van der Waals surface area (Å²) in [6.07, 6.45) is 0.144. The number of urea groups is 1. The van der Waals surface area contributed by atoms with E-state index in [0.717, 1.165) is 5.56 Å². The summed E-state index contributed by atoms with van der Waals surface area (Å²) in [4.78, 5) is 37.8. The average molecular weight is 431 g/mol. The zero-order valence-corrected chi connectivity index (χ0v) is 17.2. The summed E-state index contributed by atoms with van der Waals surface area (Å²) in [6, 6.07) is 13.2. The van der Waals surface area contributed by atoms with Crippen molar-refractivity contribution in [2.45, 2.75) is 18.4 Å². The van der Waals surface area contributed by atoms with Crippen LogP contribution in [-0.4, -0.2) is 49.0 Å². The van der Waals surface area contributed by atoms with Gasteiger partial charge in [-0.1, -0.05) is 23.7 Å². The van der Waals surface area contributed by atoms with Gasteiger partial charge in [0.2, 0.25) is 11.8 Å². The fourth-order valence-corrected chi connectivity index (χ4v) is 3.61. The molecule has 30 heavy (non-hydrogen) atoms. The number of methoxy groups -OCH3 is 1. The minimum Gasteiger partial charge on any atom is -0.497 e. The molecule has 3 rings (SSSR count). The number of likely N-dealkylation sites (tertiary alicyclic amines) is 1. The van der Waals surface area contributed by atoms with Crippen LogP contribution >= 0.6 is 11.6 Å². The average Bonchev–Trinajstić information content (AvgIpc) is 2.71. The Morgan fingerprint density at radius 2 is 1.83 bits per heavy atom. The molecular formula is C21H23ClN4O4. The topological polar surface area (TPSA) is 114 Å². The van der Waals surface area contributed by atoms with Crippen molar-refractivity contribution < 1.29 is 19.1 Å². The van der Waals surface area contributed by atoms with Crippen LogP contribution in [0.3, 0.4) is 0 Å². The Balaban J connectivity index is 1.78. The van der Waals surface area contributed by atoms with Crippen LogP contribution in [0, 0.1) is 0 Å². The maximum atomic E-state index is 12.6. The Bertz CT molecular complexity index is 918. The van der Waals surface area contributed by atoms with Gasteiger partial charge in [-0.25, -0.2) is 4.79 Å². The van der Waals surface area contributed by atoms with Crippen LogP contribution in [-0.2, 0) is 9.59 Å². The van der Waals surface area contributed by atoms with Crippen LogP contribution in [0.5, 0.6) is 5.75 Å². The number of halogens is 1. The van der Waals surface area contributed by atoms with Crippen LogP contribution in [0.4, 0.5) is 10.5 Å². The number of carbonyl (C=O) groups excluding carboxylic acids is 3. The number of ether oxygens (including phenoxy) is 1. The smallest absolute Gasteiger partial charge is 0.319 e. The molecule has 0 aromatic heterocycles. The number of rotatable bonds is 6. The van der Waals surface area contributed by atoms with E-state index in [9.17, 15) is 14.4 Å². The van der Waals surface area contributed by atoms with Gasteiger partial charge in [-0.2, -0.15) is 0 Å². The first-order valence-corrected chi connectivity index (χ1v) is 9.76. The van der Waals surface area contributed by atoms with E-state index in [1.54, 1.807) is 43.5 Å². The van der Waals surface area contributed by atoms with E-state index in [0.29, 0.717) is 16.5 Å². The molecule has 2 atom stereocenters. The summed E-state index contributed by atoms with van der Waals surface area (Å²) in [5.41, 5.74) is 6.74. The molecule has 8 nitrogen and oxygen atoms in total. The van der Waals surface area contributed by atoms with Gasteiger partial charge in [0, 0.05) is 29.6 Å². The van der Waals surface area contributed by atoms with Gasteiger partial charge in [-0.3, -0.25) is 9.59 Å². The molecule has 0 bridgehead atoms. The van der Waals surface area contributed by atoms with Gasteiger partial charge in [0.05, 0.1) is 19.7 Å². The lowest BCUT2D eigenvalue weighted by molar-refractivity contribution is -0.138. The van der Waals surface area contributed by atoms with Crippen molar-refractivity contribution in [1.82, 2.24) is 10.2 Å². The third-order valence-electron chi connectivity index (χ3n) is 4.96. The molecule has 9 heteroatoms. The molecule has 1 aliphatic heterocycles. The molecule has 0 spiro atoms. The number of amides is 4. The maximum absolute atomic E-state index is 12.6. The normalized spacial score (nSPS) is 18.6. The lowest BCUT2D eigenvalue weighted by atomic mass is 9.84. The molecule has 2 aromatic carbocycles. The highest BCUT2D eigenvalue weighted by atomic mass is 35.5. The fourth-order valence-electron chi connectivity index (χ4n) is 3.48. The molecule has 158 valence electrons. The summed E-state index contributed by atoms with van der Waals surface area (Å²) >= 11 is 5.87. The molecule has 0 saturated carbocycles. The molecule has 4 amide bonds. The van der Waals surface area contributed by atoms with Crippen molar-refractivity contribution in [3.05, 3.63) is 59.1 Å². The monoisotopic (exact) mass is 430 g/mol. The zero-order chi connectivity index (χ0) is 21.7. The molecule has 1 saturated heterocycles. The van der Waals surface area contributed by atoms with Gasteiger partial charge in [0.25, 0.3) is 0 Å². The number of carbonyl (C=O) groups is 3. The largest absolute Gasteiger partial charge is 0.497 e. The summed E-state index contributed by atoms with van der Waals surface area (Å²) in [5, 5.41) is 6.24. The van der Waals surface area contributed by atoms with Crippen molar-refractivity contribution in [1.29, 1.82) is 0 Å². The Morgan fingerprint density at radius 3 is 2.43 bits per heavy atom. The molecule has 1 aliphatic rings. The Hall–Kier alpha value is -3.26. The summed E-state index contributed by atoms with van der Waals surface area (Å²) in [6.45, 7) is -0.0162. The standard InChI is InChI=1S/C21H23ClN4O4/c1-30-16-8-2-13(3-9-16)17-10-20(28)26(12-19(23)27)11-18(17)25-21(29)24-15-6-4-14(22)5-7-15/h2-9,17-18H,10-12H2,1H3,(H2,23,27)(H2,24,25,29). The lowest BCUT2D eigenvalue weighted by Gasteiger charge is -2.38. The van der Waals surface area contributed by atoms with Crippen LogP contribution in [0.15, 0.2) is 48.5 Å². The van der Waals surface area contributed by atoms with E-state index in [1.165, 1.54) is 4.90 Å². The molecule has 1 fully saturated rings. The number of piperidine rings is 1. The minimum absolute atomic E-state index is 0.144. The quantitative estimate of drug-likeness (QED) is 0.652. The second-order valence-corrected chi connectivity index (χ2v) is 7.47. The van der Waals surface area contributed by atoms with Gasteiger partial charge in [-0.05, 0) is 42.0 Å². The fraction of sp³-hybridized carbons (Fsp3) is 0.286. The van der Waals surface area contributed by atoms with Crippen molar-refractivity contribution in [2.75, 3.05) is 25.5 Å². The van der Waals surface area contributed by atoms with E-state index in [-0.39, 0.29) is 31.3 Å². The third-order valence-corrected chi connectivity index (χ3v) is 5.21. The number of hydrogen-bond acceptors (Lipinski definition) is 4. The zero-order valence-electron chi connectivity index (χ0n) is 16.4. The van der Waals surface area contributed by atoms with E-state index in [4.69, 9.17) is 22.1 Å². The molecule has 1 heterocycles. The molecule has 2 aromatic rings. The number of anilines is 1. The highest BCUT2D eigenvalue weighted by Crippen LogP contribution is 2.30. The Labute approximate surface area is 179 Å². The molecule has 0 radical (unpaired) electrons. The minimum atomic E-state index is -0.601. The Morgan fingerprint density at radius 1 is 1.17 bits per heavy atom. The number of primary amides is 1. The Kier molecular flexibility index (Phi) is 6.79. The number of benzene rings is 2. The number of hydrogen-bond donors (Lipinski definition) is 3. The van der Waals surface area contributed by atoms with Gasteiger partial charge >= 0.3 is 6.03 Å². The SMILES string of the molecule is COc1ccc(C2CC(=O)N(CC(N)=O)CC2NC(=O)Nc2ccc(Cl)cc2)cc1. The van der Waals surface area contributed by atoms with Crippen molar-refractivity contribution >= 4 is 35.1 Å². The van der Waals surface area contributed by atoms with Crippen LogP contribution in [0.25, 0.3) is 0 Å². The molecule has 2 unspecified atom stereocenters. The molecular weight excluding hydrogens is 408 g/mol. The summed E-state index contributed by atoms with van der Waals surface area (Å²) in [7, 11) is 1.58.